The Hall–Kier alpha value is -3.72. The van der Waals surface area contributed by atoms with Gasteiger partial charge in [0.2, 0.25) is 11.8 Å². The molecule has 3 aromatic carbocycles. The van der Waals surface area contributed by atoms with Crippen molar-refractivity contribution in [2.45, 2.75) is 58.0 Å². The third kappa shape index (κ3) is 7.89. The van der Waals surface area contributed by atoms with Crippen LogP contribution in [0, 0.1) is 19.7 Å². The van der Waals surface area contributed by atoms with E-state index in [0.29, 0.717) is 6.54 Å². The van der Waals surface area contributed by atoms with Crippen molar-refractivity contribution in [3.8, 4) is 0 Å². The van der Waals surface area contributed by atoms with E-state index in [2.05, 4.69) is 5.32 Å². The molecule has 0 radical (unpaired) electrons. The minimum atomic E-state index is -4.19. The van der Waals surface area contributed by atoms with Crippen molar-refractivity contribution in [3.63, 3.8) is 0 Å². The van der Waals surface area contributed by atoms with Crippen LogP contribution in [-0.2, 0) is 26.2 Å². The van der Waals surface area contributed by atoms with Gasteiger partial charge in [0.15, 0.2) is 0 Å². The number of hydrogen-bond donors (Lipinski definition) is 1. The standard InChI is InChI=1S/C30H36FN3O4S/c1-5-6-18-32-30(36)24(4)33(20-25-9-7-8-23(3)19-25)29(35)21-34(27-14-12-26(31)13-15-27)39(37,38)28-16-10-22(2)11-17-28/h7-17,19,24H,5-6,18,20-21H2,1-4H3,(H,32,36)/t24-/m1/s1. The van der Waals surface area contributed by atoms with Gasteiger partial charge < -0.3 is 10.2 Å². The number of nitrogens with one attached hydrogen (secondary N) is 1. The van der Waals surface area contributed by atoms with E-state index in [1.807, 2.05) is 45.0 Å². The zero-order valence-corrected chi connectivity index (χ0v) is 23.7. The van der Waals surface area contributed by atoms with Gasteiger partial charge in [-0.25, -0.2) is 12.8 Å². The van der Waals surface area contributed by atoms with Crippen LogP contribution < -0.4 is 9.62 Å². The number of sulfonamides is 1. The van der Waals surface area contributed by atoms with E-state index in [0.717, 1.165) is 46.0 Å². The second kappa shape index (κ2) is 13.4. The van der Waals surface area contributed by atoms with Gasteiger partial charge in [-0.15, -0.1) is 0 Å². The van der Waals surface area contributed by atoms with E-state index in [1.165, 1.54) is 29.2 Å². The summed E-state index contributed by atoms with van der Waals surface area (Å²) in [5.41, 5.74) is 2.83. The number of anilines is 1. The van der Waals surface area contributed by atoms with Crippen LogP contribution in [0.5, 0.6) is 0 Å². The molecule has 0 spiro atoms. The summed E-state index contributed by atoms with van der Waals surface area (Å²) < 4.78 is 42.2. The Morgan fingerprint density at radius 3 is 2.23 bits per heavy atom. The zero-order chi connectivity index (χ0) is 28.6. The minimum Gasteiger partial charge on any atom is -0.354 e. The maximum atomic E-state index is 13.9. The molecule has 0 saturated carbocycles. The maximum absolute atomic E-state index is 13.9. The second-order valence-corrected chi connectivity index (χ2v) is 11.5. The number of carbonyl (C=O) groups excluding carboxylic acids is 2. The maximum Gasteiger partial charge on any atom is 0.264 e. The first-order valence-corrected chi connectivity index (χ1v) is 14.4. The van der Waals surface area contributed by atoms with Gasteiger partial charge in [-0.05, 0) is 69.2 Å². The smallest absolute Gasteiger partial charge is 0.264 e. The average molecular weight is 554 g/mol. The van der Waals surface area contributed by atoms with Gasteiger partial charge in [0.1, 0.15) is 18.4 Å². The molecule has 0 aliphatic rings. The number of benzene rings is 3. The Morgan fingerprint density at radius 2 is 1.62 bits per heavy atom. The van der Waals surface area contributed by atoms with Crippen LogP contribution in [0.2, 0.25) is 0 Å². The second-order valence-electron chi connectivity index (χ2n) is 9.63. The highest BCUT2D eigenvalue weighted by atomic mass is 32.2. The first kappa shape index (κ1) is 29.8. The molecule has 7 nitrogen and oxygen atoms in total. The number of aryl methyl sites for hydroxylation is 2. The zero-order valence-electron chi connectivity index (χ0n) is 22.9. The largest absolute Gasteiger partial charge is 0.354 e. The summed E-state index contributed by atoms with van der Waals surface area (Å²) in [6.45, 7) is 7.45. The van der Waals surface area contributed by atoms with E-state index in [9.17, 15) is 22.4 Å². The van der Waals surface area contributed by atoms with E-state index in [-0.39, 0.29) is 23.0 Å². The lowest BCUT2D eigenvalue weighted by molar-refractivity contribution is -0.139. The molecule has 3 aromatic rings. The summed E-state index contributed by atoms with van der Waals surface area (Å²) >= 11 is 0. The summed E-state index contributed by atoms with van der Waals surface area (Å²) in [4.78, 5) is 28.2. The fourth-order valence-corrected chi connectivity index (χ4v) is 5.51. The van der Waals surface area contributed by atoms with Gasteiger partial charge in [-0.1, -0.05) is 60.9 Å². The van der Waals surface area contributed by atoms with Crippen LogP contribution in [-0.4, -0.2) is 44.3 Å². The van der Waals surface area contributed by atoms with Crippen LogP contribution in [0.15, 0.2) is 77.7 Å². The highest BCUT2D eigenvalue weighted by molar-refractivity contribution is 7.92. The quantitative estimate of drug-likeness (QED) is 0.321. The average Bonchev–Trinajstić information content (AvgIpc) is 2.90. The molecule has 1 N–H and O–H groups in total. The van der Waals surface area contributed by atoms with Crippen LogP contribution in [0.3, 0.4) is 0 Å². The predicted octanol–water partition coefficient (Wildman–Crippen LogP) is 4.97. The lowest BCUT2D eigenvalue weighted by atomic mass is 10.1. The number of hydrogen-bond acceptors (Lipinski definition) is 4. The van der Waals surface area contributed by atoms with Crippen LogP contribution in [0.1, 0.15) is 43.4 Å². The molecule has 1 atom stereocenters. The van der Waals surface area contributed by atoms with Crippen LogP contribution in [0.4, 0.5) is 10.1 Å². The molecular formula is C30H36FN3O4S. The summed E-state index contributed by atoms with van der Waals surface area (Å²) in [6, 6.07) is 17.9. The van der Waals surface area contributed by atoms with Crippen LogP contribution >= 0.6 is 0 Å². The molecule has 39 heavy (non-hydrogen) atoms. The van der Waals surface area contributed by atoms with E-state index in [1.54, 1.807) is 19.1 Å². The van der Waals surface area contributed by atoms with Crippen molar-refractivity contribution < 1.29 is 22.4 Å². The molecule has 208 valence electrons. The van der Waals surface area contributed by atoms with E-state index < -0.39 is 34.3 Å². The fourth-order valence-electron chi connectivity index (χ4n) is 4.10. The number of halogens is 1. The third-order valence-electron chi connectivity index (χ3n) is 6.43. The molecule has 0 aromatic heterocycles. The minimum absolute atomic E-state index is 0.000756. The molecule has 2 amide bonds. The lowest BCUT2D eigenvalue weighted by Crippen LogP contribution is -2.51. The fraction of sp³-hybridized carbons (Fsp3) is 0.333. The first-order valence-electron chi connectivity index (χ1n) is 13.0. The topological polar surface area (TPSA) is 86.8 Å². The van der Waals surface area contributed by atoms with Crippen LogP contribution in [0.25, 0.3) is 0 Å². The van der Waals surface area contributed by atoms with E-state index in [4.69, 9.17) is 0 Å². The molecule has 0 heterocycles. The van der Waals surface area contributed by atoms with Gasteiger partial charge in [0.05, 0.1) is 10.6 Å². The summed E-state index contributed by atoms with van der Waals surface area (Å²) in [7, 11) is -4.19. The van der Waals surface area contributed by atoms with Crippen molar-refractivity contribution in [1.82, 2.24) is 10.2 Å². The van der Waals surface area contributed by atoms with Crippen molar-refractivity contribution in [3.05, 3.63) is 95.3 Å². The molecule has 0 aliphatic heterocycles. The molecule has 3 rings (SSSR count). The predicted molar refractivity (Wildman–Crippen MR) is 151 cm³/mol. The number of nitrogens with zero attached hydrogens (tertiary/aromatic N) is 2. The monoisotopic (exact) mass is 553 g/mol. The van der Waals surface area contributed by atoms with Crippen molar-refractivity contribution in [1.29, 1.82) is 0 Å². The Balaban J connectivity index is 1.99. The first-order chi connectivity index (χ1) is 18.5. The Labute approximate surface area is 230 Å². The molecular weight excluding hydrogens is 517 g/mol. The van der Waals surface area contributed by atoms with Gasteiger partial charge in [0.25, 0.3) is 10.0 Å². The number of rotatable bonds is 12. The molecule has 0 saturated heterocycles. The van der Waals surface area contributed by atoms with E-state index >= 15 is 0 Å². The number of amides is 2. The Bertz CT molecular complexity index is 1380. The van der Waals surface area contributed by atoms with Gasteiger partial charge in [-0.3, -0.25) is 13.9 Å². The molecule has 0 unspecified atom stereocenters. The molecule has 0 bridgehead atoms. The van der Waals surface area contributed by atoms with Gasteiger partial charge >= 0.3 is 0 Å². The highest BCUT2D eigenvalue weighted by Crippen LogP contribution is 2.25. The molecule has 0 fully saturated rings. The Morgan fingerprint density at radius 1 is 0.949 bits per heavy atom. The Kier molecular flexibility index (Phi) is 10.2. The third-order valence-corrected chi connectivity index (χ3v) is 8.22. The summed E-state index contributed by atoms with van der Waals surface area (Å²) in [5, 5.41) is 2.86. The normalized spacial score (nSPS) is 12.0. The van der Waals surface area contributed by atoms with Crippen molar-refractivity contribution in [2.75, 3.05) is 17.4 Å². The number of unbranched alkanes of at least 4 members (excludes halogenated alkanes) is 1. The van der Waals surface area contributed by atoms with Gasteiger partial charge in [-0.2, -0.15) is 0 Å². The number of carbonyl (C=O) groups is 2. The highest BCUT2D eigenvalue weighted by Gasteiger charge is 2.32. The summed E-state index contributed by atoms with van der Waals surface area (Å²) in [5.74, 6) is -1.41. The lowest BCUT2D eigenvalue weighted by Gasteiger charge is -2.32. The van der Waals surface area contributed by atoms with Crippen molar-refractivity contribution >= 4 is 27.5 Å². The molecule has 0 aliphatic carbocycles. The summed E-state index contributed by atoms with van der Waals surface area (Å²) in [6.07, 6.45) is 1.71. The molecule has 9 heteroatoms. The van der Waals surface area contributed by atoms with Gasteiger partial charge in [0, 0.05) is 13.1 Å². The van der Waals surface area contributed by atoms with Crippen molar-refractivity contribution in [2.24, 2.45) is 0 Å². The SMILES string of the molecule is CCCCNC(=O)[C@@H](C)N(Cc1cccc(C)c1)C(=O)CN(c1ccc(F)cc1)S(=O)(=O)c1ccc(C)cc1.